The number of ether oxygens (including phenoxy) is 1. The first-order valence-corrected chi connectivity index (χ1v) is 5.74. The Labute approximate surface area is 91.9 Å². The van der Waals surface area contributed by atoms with Gasteiger partial charge in [0.15, 0.2) is 0 Å². The van der Waals surface area contributed by atoms with Crippen LogP contribution in [0.15, 0.2) is 24.3 Å². The lowest BCUT2D eigenvalue weighted by molar-refractivity contribution is 0.306. The van der Waals surface area contributed by atoms with Gasteiger partial charge in [-0.05, 0) is 24.1 Å². The van der Waals surface area contributed by atoms with Gasteiger partial charge in [-0.2, -0.15) is 0 Å². The molecular weight excluding hydrogens is 192 g/mol. The van der Waals surface area contributed by atoms with Gasteiger partial charge in [0.1, 0.15) is 5.75 Å². The summed E-state index contributed by atoms with van der Waals surface area (Å²) in [5.74, 6) is 1.63. The quantitative estimate of drug-likeness (QED) is 0.644. The van der Waals surface area contributed by atoms with E-state index < -0.39 is 0 Å². The molecule has 2 heteroatoms. The van der Waals surface area contributed by atoms with E-state index in [-0.39, 0.29) is 0 Å². The molecule has 1 aromatic carbocycles. The van der Waals surface area contributed by atoms with E-state index in [0.29, 0.717) is 5.75 Å². The van der Waals surface area contributed by atoms with Crippen LogP contribution in [-0.4, -0.2) is 6.61 Å². The Morgan fingerprint density at radius 3 is 2.43 bits per heavy atom. The fourth-order valence-electron chi connectivity index (χ4n) is 1.22. The predicted molar refractivity (Wildman–Crippen MR) is 62.8 cm³/mol. The number of hydrogen-bond acceptors (Lipinski definition) is 1. The molecule has 0 unspecified atom stereocenters. The molecule has 0 spiro atoms. The second-order valence-corrected chi connectivity index (χ2v) is 3.63. The van der Waals surface area contributed by atoms with E-state index in [9.17, 15) is 0 Å². The molecule has 0 bridgehead atoms. The van der Waals surface area contributed by atoms with Crippen LogP contribution in [0.3, 0.4) is 0 Å². The van der Waals surface area contributed by atoms with Gasteiger partial charge in [0.05, 0.1) is 6.61 Å². The highest BCUT2D eigenvalue weighted by Crippen LogP contribution is 2.13. The molecule has 0 saturated heterocycles. The summed E-state index contributed by atoms with van der Waals surface area (Å²) >= 11 is 4.94. The van der Waals surface area contributed by atoms with Crippen LogP contribution >= 0.6 is 12.6 Å². The van der Waals surface area contributed by atoms with Crippen LogP contribution in [0.4, 0.5) is 0 Å². The molecule has 0 atom stereocenters. The van der Waals surface area contributed by atoms with Crippen LogP contribution in [0.1, 0.15) is 31.7 Å². The van der Waals surface area contributed by atoms with Crippen LogP contribution < -0.4 is 4.74 Å². The van der Waals surface area contributed by atoms with Crippen molar-refractivity contribution >= 4 is 12.6 Å². The zero-order chi connectivity index (χ0) is 10.2. The van der Waals surface area contributed by atoms with Crippen molar-refractivity contribution < 1.29 is 4.74 Å². The fourth-order valence-corrected chi connectivity index (χ4v) is 1.42. The Morgan fingerprint density at radius 2 is 1.86 bits per heavy atom. The zero-order valence-corrected chi connectivity index (χ0v) is 9.48. The molecule has 0 amide bonds. The summed E-state index contributed by atoms with van der Waals surface area (Å²) < 4.78 is 5.57. The number of rotatable bonds is 6. The lowest BCUT2D eigenvalue weighted by Crippen LogP contribution is -1.96. The van der Waals surface area contributed by atoms with Crippen molar-refractivity contribution in [1.82, 2.24) is 0 Å². The maximum atomic E-state index is 5.57. The van der Waals surface area contributed by atoms with E-state index in [1.165, 1.54) is 18.4 Å². The van der Waals surface area contributed by atoms with Crippen molar-refractivity contribution in [3.05, 3.63) is 29.8 Å². The Balaban J connectivity index is 2.29. The number of hydrogen-bond donors (Lipinski definition) is 0. The molecule has 1 radical (unpaired) electrons. The molecule has 0 aliphatic rings. The van der Waals surface area contributed by atoms with Crippen LogP contribution in [0.5, 0.6) is 5.75 Å². The van der Waals surface area contributed by atoms with Gasteiger partial charge < -0.3 is 4.74 Å². The molecule has 0 fully saturated rings. The summed E-state index contributed by atoms with van der Waals surface area (Å²) in [5, 5.41) is 0. The van der Waals surface area contributed by atoms with Gasteiger partial charge in [0.2, 0.25) is 0 Å². The summed E-state index contributed by atoms with van der Waals surface area (Å²) in [5.41, 5.74) is 1.18. The third-order valence-electron chi connectivity index (χ3n) is 2.11. The van der Waals surface area contributed by atoms with Crippen molar-refractivity contribution in [3.8, 4) is 5.75 Å². The van der Waals surface area contributed by atoms with E-state index in [1.54, 1.807) is 0 Å². The standard InChI is InChI=1S/C12H17OS/c1-2-3-4-9-13-12-7-5-11(10-14)6-8-12/h5-8H,2-4,9-10H2,1H3. The van der Waals surface area contributed by atoms with Gasteiger partial charge in [0.25, 0.3) is 0 Å². The molecular formula is C12H17OS. The van der Waals surface area contributed by atoms with Gasteiger partial charge in [-0.15, -0.1) is 0 Å². The maximum Gasteiger partial charge on any atom is 0.119 e. The number of benzene rings is 1. The molecule has 1 nitrogen and oxygen atoms in total. The van der Waals surface area contributed by atoms with E-state index >= 15 is 0 Å². The van der Waals surface area contributed by atoms with Crippen LogP contribution in [0.2, 0.25) is 0 Å². The Morgan fingerprint density at radius 1 is 1.14 bits per heavy atom. The minimum atomic E-state index is 0.677. The van der Waals surface area contributed by atoms with Crippen molar-refractivity contribution in [1.29, 1.82) is 0 Å². The molecule has 0 aliphatic heterocycles. The van der Waals surface area contributed by atoms with E-state index in [1.807, 2.05) is 24.3 Å². The normalized spacial score (nSPS) is 10.1. The Hall–Kier alpha value is -0.630. The highest BCUT2D eigenvalue weighted by atomic mass is 32.1. The summed E-state index contributed by atoms with van der Waals surface area (Å²) in [6.45, 7) is 3.01. The maximum absolute atomic E-state index is 5.57. The second-order valence-electron chi connectivity index (χ2n) is 3.34. The molecule has 14 heavy (non-hydrogen) atoms. The van der Waals surface area contributed by atoms with Crippen LogP contribution in [-0.2, 0) is 5.75 Å². The third kappa shape index (κ3) is 4.05. The monoisotopic (exact) mass is 209 g/mol. The smallest absolute Gasteiger partial charge is 0.119 e. The Kier molecular flexibility index (Phi) is 5.53. The van der Waals surface area contributed by atoms with Gasteiger partial charge in [-0.25, -0.2) is 0 Å². The largest absolute Gasteiger partial charge is 0.494 e. The molecule has 1 rings (SSSR count). The van der Waals surface area contributed by atoms with Gasteiger partial charge in [0, 0.05) is 5.75 Å². The molecule has 0 saturated carbocycles. The highest BCUT2D eigenvalue weighted by molar-refractivity contribution is 7.79. The molecule has 1 aromatic rings. The molecule has 0 aromatic heterocycles. The summed E-state index contributed by atoms with van der Waals surface area (Å²) in [6.07, 6.45) is 3.61. The first-order valence-electron chi connectivity index (χ1n) is 5.16. The SMILES string of the molecule is CCCCCOc1ccc(C[S])cc1. The van der Waals surface area contributed by atoms with Gasteiger partial charge >= 0.3 is 0 Å². The van der Waals surface area contributed by atoms with E-state index in [2.05, 4.69) is 6.92 Å². The van der Waals surface area contributed by atoms with Crippen LogP contribution in [0.25, 0.3) is 0 Å². The minimum Gasteiger partial charge on any atom is -0.494 e. The van der Waals surface area contributed by atoms with Crippen molar-refractivity contribution in [2.75, 3.05) is 6.61 Å². The van der Waals surface area contributed by atoms with Gasteiger partial charge in [-0.3, -0.25) is 0 Å². The van der Waals surface area contributed by atoms with Crippen LogP contribution in [0, 0.1) is 0 Å². The fraction of sp³-hybridized carbons (Fsp3) is 0.500. The topological polar surface area (TPSA) is 9.23 Å². The molecule has 0 N–H and O–H groups in total. The first-order chi connectivity index (χ1) is 6.86. The Bertz CT molecular complexity index is 243. The minimum absolute atomic E-state index is 0.677. The second kappa shape index (κ2) is 6.77. The molecule has 77 valence electrons. The lowest BCUT2D eigenvalue weighted by Gasteiger charge is -2.05. The average molecular weight is 209 g/mol. The molecule has 0 aliphatic carbocycles. The first kappa shape index (κ1) is 11.4. The zero-order valence-electron chi connectivity index (χ0n) is 8.66. The predicted octanol–water partition coefficient (Wildman–Crippen LogP) is 3.95. The van der Waals surface area contributed by atoms with E-state index in [4.69, 9.17) is 17.4 Å². The highest BCUT2D eigenvalue weighted by Gasteiger charge is 1.94. The van der Waals surface area contributed by atoms with Gasteiger partial charge in [-0.1, -0.05) is 44.5 Å². The molecule has 0 heterocycles. The van der Waals surface area contributed by atoms with Crippen molar-refractivity contribution in [3.63, 3.8) is 0 Å². The van der Waals surface area contributed by atoms with Crippen molar-refractivity contribution in [2.24, 2.45) is 0 Å². The lowest BCUT2D eigenvalue weighted by atomic mass is 10.2. The average Bonchev–Trinajstić information content (AvgIpc) is 2.25. The van der Waals surface area contributed by atoms with E-state index in [0.717, 1.165) is 18.8 Å². The third-order valence-corrected chi connectivity index (χ3v) is 2.44. The summed E-state index contributed by atoms with van der Waals surface area (Å²) in [4.78, 5) is 0. The summed E-state index contributed by atoms with van der Waals surface area (Å²) in [6, 6.07) is 8.05. The number of unbranched alkanes of at least 4 members (excludes halogenated alkanes) is 2. The summed E-state index contributed by atoms with van der Waals surface area (Å²) in [7, 11) is 0. The van der Waals surface area contributed by atoms with Crippen molar-refractivity contribution in [2.45, 2.75) is 31.9 Å².